The van der Waals surface area contributed by atoms with Gasteiger partial charge in [-0.3, -0.25) is 0 Å². The van der Waals surface area contributed by atoms with E-state index in [1.165, 1.54) is 39.2 Å². The van der Waals surface area contributed by atoms with E-state index in [1.807, 2.05) is 18.2 Å². The van der Waals surface area contributed by atoms with Crippen LogP contribution in [0.3, 0.4) is 0 Å². The molecule has 0 saturated carbocycles. The summed E-state index contributed by atoms with van der Waals surface area (Å²) in [6.45, 7) is 12.9. The van der Waals surface area contributed by atoms with Gasteiger partial charge in [0, 0.05) is 5.69 Å². The Bertz CT molecular complexity index is 2050. The Morgan fingerprint density at radius 1 is 0.844 bits per heavy atom. The lowest BCUT2D eigenvalue weighted by Gasteiger charge is -2.42. The summed E-state index contributed by atoms with van der Waals surface area (Å²) in [5.74, 6) is 0.476. The Kier molecular flexibility index (Phi) is 6.66. The highest BCUT2D eigenvalue weighted by atomic mass is 32.1. The van der Waals surface area contributed by atoms with Gasteiger partial charge >= 0.3 is 0 Å². The fraction of sp³-hybridized carbons (Fsp3) is 0.171. The number of aromatic nitrogens is 1. The van der Waals surface area contributed by atoms with Crippen molar-refractivity contribution in [2.75, 3.05) is 4.90 Å². The first kappa shape index (κ1) is 27.6. The van der Waals surface area contributed by atoms with E-state index in [4.69, 9.17) is 11.6 Å². The molecular weight excluding hydrogens is 567 g/mol. The molecule has 1 aliphatic heterocycles. The third kappa shape index (κ3) is 4.85. The number of rotatable bonds is 3. The molecule has 5 aromatic rings. The predicted octanol–water partition coefficient (Wildman–Crippen LogP) is 11.7. The van der Waals surface area contributed by atoms with Crippen molar-refractivity contribution in [1.29, 1.82) is 0 Å². The fourth-order valence-electron chi connectivity index (χ4n) is 7.38. The second-order valence-corrected chi connectivity index (χ2v) is 13.9. The number of nitrogens with zero attached hydrogens (tertiary/aromatic N) is 3. The normalized spacial score (nSPS) is 19.4. The monoisotopic (exact) mass is 599 g/mol. The summed E-state index contributed by atoms with van der Waals surface area (Å²) < 4.78 is 1.13. The lowest BCUT2D eigenvalue weighted by molar-refractivity contribution is 0.228. The van der Waals surface area contributed by atoms with Gasteiger partial charge in [-0.25, -0.2) is 9.83 Å². The van der Waals surface area contributed by atoms with E-state index >= 15 is 0 Å². The largest absolute Gasteiger partial charge is 0.309 e. The molecule has 0 amide bonds. The SMILES string of the molecule is [C-]#[N+]C(=C1C=C2C=C(c3ccc(N4c5ccccc5C=Cc5ccccc54)cc3)CCC2C(C)(C)C1)c1nc2ccccc2s1. The van der Waals surface area contributed by atoms with E-state index in [1.54, 1.807) is 11.3 Å². The van der Waals surface area contributed by atoms with Crippen LogP contribution in [0.2, 0.25) is 0 Å². The van der Waals surface area contributed by atoms with Gasteiger partial charge in [0.05, 0.1) is 28.2 Å². The van der Waals surface area contributed by atoms with Crippen molar-refractivity contribution in [2.45, 2.75) is 33.1 Å². The van der Waals surface area contributed by atoms with Crippen LogP contribution in [0.1, 0.15) is 54.8 Å². The summed E-state index contributed by atoms with van der Waals surface area (Å²) >= 11 is 1.62. The van der Waals surface area contributed by atoms with Crippen LogP contribution in [0.4, 0.5) is 17.1 Å². The van der Waals surface area contributed by atoms with Gasteiger partial charge in [-0.05, 0) is 100 Å². The lowest BCUT2D eigenvalue weighted by Crippen LogP contribution is -2.31. The van der Waals surface area contributed by atoms with E-state index in [0.717, 1.165) is 45.7 Å². The van der Waals surface area contributed by atoms with Gasteiger partial charge in [0.1, 0.15) is 5.01 Å². The maximum absolute atomic E-state index is 8.13. The van der Waals surface area contributed by atoms with E-state index < -0.39 is 0 Å². The smallest absolute Gasteiger partial charge is 0.225 e. The molecule has 3 aliphatic rings. The van der Waals surface area contributed by atoms with Crippen LogP contribution in [-0.2, 0) is 0 Å². The second-order valence-electron chi connectivity index (χ2n) is 12.9. The molecule has 2 heterocycles. The summed E-state index contributed by atoms with van der Waals surface area (Å²) in [5.41, 5.74) is 12.7. The average molecular weight is 600 g/mol. The van der Waals surface area contributed by atoms with Crippen molar-refractivity contribution in [2.24, 2.45) is 11.3 Å². The van der Waals surface area contributed by atoms with Crippen molar-refractivity contribution in [3.63, 3.8) is 0 Å². The van der Waals surface area contributed by atoms with Crippen LogP contribution >= 0.6 is 11.3 Å². The molecular formula is C41H33N3S. The number of hydrogen-bond donors (Lipinski definition) is 0. The summed E-state index contributed by atoms with van der Waals surface area (Å²) in [6.07, 6.45) is 12.2. The number of thiazole rings is 1. The molecule has 45 heavy (non-hydrogen) atoms. The van der Waals surface area contributed by atoms with Crippen molar-refractivity contribution in [3.05, 3.63) is 153 Å². The molecule has 2 aliphatic carbocycles. The summed E-state index contributed by atoms with van der Waals surface area (Å²) in [4.78, 5) is 11.3. The van der Waals surface area contributed by atoms with E-state index in [2.05, 4.69) is 127 Å². The van der Waals surface area contributed by atoms with Gasteiger partial charge in [0.15, 0.2) is 0 Å². The van der Waals surface area contributed by atoms with Gasteiger partial charge in [-0.1, -0.05) is 98.8 Å². The first-order chi connectivity index (χ1) is 22.0. The third-order valence-electron chi connectivity index (χ3n) is 9.58. The molecule has 1 aromatic heterocycles. The first-order valence-electron chi connectivity index (χ1n) is 15.6. The van der Waals surface area contributed by atoms with Gasteiger partial charge in [-0.15, -0.1) is 11.3 Å². The average Bonchev–Trinajstić information content (AvgIpc) is 3.41. The highest BCUT2D eigenvalue weighted by molar-refractivity contribution is 7.19. The fourth-order valence-corrected chi connectivity index (χ4v) is 8.37. The van der Waals surface area contributed by atoms with Crippen molar-refractivity contribution in [3.8, 4) is 0 Å². The molecule has 4 aromatic carbocycles. The van der Waals surface area contributed by atoms with Gasteiger partial charge in [-0.2, -0.15) is 0 Å². The van der Waals surface area contributed by atoms with Crippen LogP contribution in [-0.4, -0.2) is 4.98 Å². The third-order valence-corrected chi connectivity index (χ3v) is 10.6. The van der Waals surface area contributed by atoms with Crippen LogP contribution in [0.5, 0.6) is 0 Å². The predicted molar refractivity (Wildman–Crippen MR) is 190 cm³/mol. The number of fused-ring (bicyclic) bond motifs is 4. The molecule has 1 atom stereocenters. The number of anilines is 3. The summed E-state index contributed by atoms with van der Waals surface area (Å²) in [7, 11) is 0. The molecule has 0 bridgehead atoms. The van der Waals surface area contributed by atoms with Crippen molar-refractivity contribution < 1.29 is 0 Å². The molecule has 0 radical (unpaired) electrons. The van der Waals surface area contributed by atoms with Crippen molar-refractivity contribution in [1.82, 2.24) is 4.98 Å². The molecule has 0 spiro atoms. The topological polar surface area (TPSA) is 20.5 Å². The maximum Gasteiger partial charge on any atom is 0.225 e. The Balaban J connectivity index is 1.17. The number of hydrogen-bond acceptors (Lipinski definition) is 3. The van der Waals surface area contributed by atoms with Gasteiger partial charge in [0.2, 0.25) is 5.70 Å². The summed E-state index contributed by atoms with van der Waals surface area (Å²) in [5, 5.41) is 0.828. The number of para-hydroxylation sites is 3. The Morgan fingerprint density at radius 2 is 1.51 bits per heavy atom. The molecule has 0 fully saturated rings. The zero-order valence-electron chi connectivity index (χ0n) is 25.5. The highest BCUT2D eigenvalue weighted by Gasteiger charge is 2.38. The quantitative estimate of drug-likeness (QED) is 0.189. The van der Waals surface area contributed by atoms with Crippen LogP contribution in [0.15, 0.2) is 120 Å². The Morgan fingerprint density at radius 3 is 2.20 bits per heavy atom. The number of benzene rings is 4. The maximum atomic E-state index is 8.13. The minimum atomic E-state index is 0.0690. The molecule has 218 valence electrons. The van der Waals surface area contributed by atoms with Crippen molar-refractivity contribution >= 4 is 62.0 Å². The molecule has 0 saturated heterocycles. The van der Waals surface area contributed by atoms with Crippen LogP contribution in [0.25, 0.3) is 38.5 Å². The standard InChI is InChI=1S/C41H33N3S/c1-41(2)26-32(39(42-3)40-43-35-12-6-9-15-38(35)45-40)25-31-24-30(20-23-34(31)41)27-18-21-33(22-19-27)44-36-13-7-4-10-28(36)16-17-29-11-5-8-14-37(29)44/h4-19,21-22,24-25,34H,20,23,26H2,1-2H3. The zero-order valence-corrected chi connectivity index (χ0v) is 26.3. The molecule has 3 nitrogen and oxygen atoms in total. The second kappa shape index (κ2) is 10.9. The minimum absolute atomic E-state index is 0.0690. The molecule has 0 N–H and O–H groups in total. The zero-order chi connectivity index (χ0) is 30.5. The van der Waals surface area contributed by atoms with E-state index in [-0.39, 0.29) is 5.41 Å². The summed E-state index contributed by atoms with van der Waals surface area (Å²) in [6, 6.07) is 34.4. The minimum Gasteiger partial charge on any atom is -0.309 e. The lowest BCUT2D eigenvalue weighted by atomic mass is 9.62. The first-order valence-corrected chi connectivity index (χ1v) is 16.5. The molecule has 8 rings (SSSR count). The van der Waals surface area contributed by atoms with Crippen LogP contribution in [0, 0.1) is 17.9 Å². The van der Waals surface area contributed by atoms with Gasteiger partial charge in [0.25, 0.3) is 0 Å². The van der Waals surface area contributed by atoms with E-state index in [9.17, 15) is 0 Å². The molecule has 4 heteroatoms. The number of allylic oxidation sites excluding steroid dienone is 5. The Labute approximate surface area is 269 Å². The molecule has 1 unspecified atom stereocenters. The van der Waals surface area contributed by atoms with Crippen LogP contribution < -0.4 is 4.90 Å². The highest BCUT2D eigenvalue weighted by Crippen LogP contribution is 2.51. The van der Waals surface area contributed by atoms with Gasteiger partial charge < -0.3 is 4.90 Å². The Hall–Kier alpha value is -4.98. The van der Waals surface area contributed by atoms with E-state index in [0.29, 0.717) is 11.6 Å².